The lowest BCUT2D eigenvalue weighted by Crippen LogP contribution is -2.35. The summed E-state index contributed by atoms with van der Waals surface area (Å²) in [5, 5.41) is 13.2. The van der Waals surface area contributed by atoms with Gasteiger partial charge in [0.1, 0.15) is 30.3 Å². The Morgan fingerprint density at radius 2 is 1.94 bits per heavy atom. The van der Waals surface area contributed by atoms with Gasteiger partial charge in [-0.25, -0.2) is 14.4 Å². The average molecular weight is 519 g/mol. The number of anilines is 2. The molecule has 2 aromatic carbocycles. The number of nitrogens with one attached hydrogen (secondary N) is 1. The summed E-state index contributed by atoms with van der Waals surface area (Å²) in [5.41, 5.74) is 0.655. The minimum atomic E-state index is -0.613. The van der Waals surface area contributed by atoms with Gasteiger partial charge in [0.15, 0.2) is 11.5 Å². The number of nitrogens with zero attached hydrogens (tertiary/aromatic N) is 3. The largest absolute Gasteiger partial charge is 0.506 e. The van der Waals surface area contributed by atoms with E-state index >= 15 is 0 Å². The number of phenols is 1. The van der Waals surface area contributed by atoms with E-state index in [9.17, 15) is 9.50 Å². The van der Waals surface area contributed by atoms with Crippen molar-refractivity contribution >= 4 is 58.2 Å². The van der Waals surface area contributed by atoms with Crippen molar-refractivity contribution in [1.82, 2.24) is 14.9 Å². The topological polar surface area (TPSA) is 111 Å². The van der Waals surface area contributed by atoms with E-state index in [1.165, 1.54) is 12.4 Å². The summed E-state index contributed by atoms with van der Waals surface area (Å²) in [6.07, 6.45) is 1.38. The van der Waals surface area contributed by atoms with Crippen molar-refractivity contribution in [1.29, 1.82) is 0 Å². The third-order valence-corrected chi connectivity index (χ3v) is 6.22. The van der Waals surface area contributed by atoms with Crippen LogP contribution in [-0.4, -0.2) is 70.3 Å². The van der Waals surface area contributed by atoms with E-state index in [2.05, 4.69) is 20.2 Å². The van der Waals surface area contributed by atoms with E-state index in [0.29, 0.717) is 34.8 Å². The van der Waals surface area contributed by atoms with Crippen molar-refractivity contribution in [3.63, 3.8) is 0 Å². The molecular formula is C21H25Cl2FN4O4S. The third-order valence-electron chi connectivity index (χ3n) is 4.98. The Balaban J connectivity index is 0.00000193. The maximum Gasteiger partial charge on any atom is 0.163 e. The maximum atomic E-state index is 14.3. The van der Waals surface area contributed by atoms with Crippen LogP contribution in [0.5, 0.6) is 17.2 Å². The summed E-state index contributed by atoms with van der Waals surface area (Å²) in [7, 11) is 1.56. The summed E-state index contributed by atoms with van der Waals surface area (Å²) >= 11 is 7.73. The minimum absolute atomic E-state index is 0. The number of aromatic hydroxyl groups is 1. The molecule has 12 heteroatoms. The van der Waals surface area contributed by atoms with Crippen molar-refractivity contribution in [2.75, 3.05) is 50.2 Å². The molecule has 0 radical (unpaired) electrons. The molecule has 0 saturated carbocycles. The normalized spacial score (nSPS) is 13.7. The molecule has 0 amide bonds. The fourth-order valence-electron chi connectivity index (χ4n) is 3.31. The lowest BCUT2D eigenvalue weighted by atomic mass is 10.2. The molecule has 0 spiro atoms. The molecule has 4 rings (SSSR count). The van der Waals surface area contributed by atoms with Crippen molar-refractivity contribution in [2.24, 2.45) is 0 Å². The molecule has 180 valence electrons. The second-order valence-corrected chi connectivity index (χ2v) is 8.59. The van der Waals surface area contributed by atoms with Crippen LogP contribution in [0.1, 0.15) is 0 Å². The monoisotopic (exact) mass is 518 g/mol. The number of hydrogen-bond acceptors (Lipinski definition) is 8. The van der Waals surface area contributed by atoms with Crippen LogP contribution in [-0.2, 0) is 0 Å². The molecule has 8 nitrogen and oxygen atoms in total. The molecule has 1 aliphatic heterocycles. The lowest BCUT2D eigenvalue weighted by Gasteiger charge is -2.26. The van der Waals surface area contributed by atoms with Crippen LogP contribution in [0.4, 0.5) is 15.9 Å². The fraction of sp³-hybridized carbons (Fsp3) is 0.333. The molecule has 1 aliphatic rings. The number of methoxy groups -OCH3 is 1. The van der Waals surface area contributed by atoms with Crippen LogP contribution in [0.25, 0.3) is 10.9 Å². The van der Waals surface area contributed by atoms with E-state index in [1.807, 2.05) is 11.8 Å². The van der Waals surface area contributed by atoms with E-state index in [0.717, 1.165) is 37.2 Å². The van der Waals surface area contributed by atoms with Gasteiger partial charge >= 0.3 is 0 Å². The lowest BCUT2D eigenvalue weighted by molar-refractivity contribution is 0.217. The van der Waals surface area contributed by atoms with Gasteiger partial charge in [0.25, 0.3) is 0 Å². The van der Waals surface area contributed by atoms with Gasteiger partial charge in [-0.05, 0) is 12.1 Å². The molecule has 3 aromatic rings. The zero-order valence-corrected chi connectivity index (χ0v) is 20.2. The van der Waals surface area contributed by atoms with E-state index in [1.54, 1.807) is 19.2 Å². The summed E-state index contributed by atoms with van der Waals surface area (Å²) in [5.74, 6) is 2.93. The third kappa shape index (κ3) is 6.42. The Labute approximate surface area is 206 Å². The molecule has 2 heterocycles. The molecule has 0 bridgehead atoms. The van der Waals surface area contributed by atoms with Gasteiger partial charge in [0.05, 0.1) is 23.3 Å². The van der Waals surface area contributed by atoms with Crippen molar-refractivity contribution in [3.05, 3.63) is 41.4 Å². The first kappa shape index (κ1) is 27.0. The number of rotatable bonds is 7. The Morgan fingerprint density at radius 1 is 1.18 bits per heavy atom. The number of ether oxygens (including phenoxy) is 2. The van der Waals surface area contributed by atoms with Crippen LogP contribution in [0.15, 0.2) is 30.6 Å². The van der Waals surface area contributed by atoms with Gasteiger partial charge in [-0.1, -0.05) is 11.6 Å². The van der Waals surface area contributed by atoms with E-state index in [4.69, 9.17) is 21.1 Å². The van der Waals surface area contributed by atoms with Crippen LogP contribution in [0, 0.1) is 5.82 Å². The number of benzene rings is 2. The minimum Gasteiger partial charge on any atom is -0.506 e. The zero-order chi connectivity index (χ0) is 21.8. The van der Waals surface area contributed by atoms with Gasteiger partial charge in [0, 0.05) is 48.7 Å². The first-order valence-corrected chi connectivity index (χ1v) is 11.3. The highest BCUT2D eigenvalue weighted by atomic mass is 35.5. The molecule has 0 aliphatic carbocycles. The highest BCUT2D eigenvalue weighted by molar-refractivity contribution is 7.99. The molecule has 4 N–H and O–H groups in total. The molecule has 33 heavy (non-hydrogen) atoms. The number of phenolic OH excluding ortho intramolecular Hbond substituents is 1. The zero-order valence-electron chi connectivity index (χ0n) is 17.8. The predicted molar refractivity (Wildman–Crippen MR) is 133 cm³/mol. The van der Waals surface area contributed by atoms with Gasteiger partial charge in [-0.3, -0.25) is 4.90 Å². The van der Waals surface area contributed by atoms with E-state index in [-0.39, 0.29) is 34.3 Å². The number of halogens is 3. The second kappa shape index (κ2) is 12.3. The fourth-order valence-corrected chi connectivity index (χ4v) is 4.44. The first-order valence-electron chi connectivity index (χ1n) is 9.76. The predicted octanol–water partition coefficient (Wildman–Crippen LogP) is 3.90. The number of fused-ring (bicyclic) bond motifs is 1. The van der Waals surface area contributed by atoms with Crippen LogP contribution < -0.4 is 14.8 Å². The van der Waals surface area contributed by atoms with Crippen molar-refractivity contribution in [2.45, 2.75) is 0 Å². The summed E-state index contributed by atoms with van der Waals surface area (Å²) in [6.45, 7) is 3.53. The number of hydrogen-bond donors (Lipinski definition) is 2. The molecule has 1 fully saturated rings. The molecule has 0 atom stereocenters. The molecule has 1 aromatic heterocycles. The Bertz CT molecular complexity index is 1090. The summed E-state index contributed by atoms with van der Waals surface area (Å²) in [4.78, 5) is 10.9. The smallest absolute Gasteiger partial charge is 0.163 e. The Kier molecular flexibility index (Phi) is 10.1. The van der Waals surface area contributed by atoms with Crippen LogP contribution in [0.2, 0.25) is 5.02 Å². The van der Waals surface area contributed by atoms with E-state index < -0.39 is 5.82 Å². The average Bonchev–Trinajstić information content (AvgIpc) is 2.78. The van der Waals surface area contributed by atoms with Gasteiger partial charge in [0.2, 0.25) is 0 Å². The Morgan fingerprint density at radius 3 is 2.67 bits per heavy atom. The van der Waals surface area contributed by atoms with Gasteiger partial charge in [-0.15, -0.1) is 12.4 Å². The van der Waals surface area contributed by atoms with Crippen molar-refractivity contribution < 1.29 is 24.4 Å². The summed E-state index contributed by atoms with van der Waals surface area (Å²) in [6, 6.07) is 5.77. The highest BCUT2D eigenvalue weighted by Gasteiger charge is 2.15. The van der Waals surface area contributed by atoms with Crippen LogP contribution in [0.3, 0.4) is 0 Å². The maximum absolute atomic E-state index is 14.3. The number of thioether (sulfide) groups is 1. The first-order chi connectivity index (χ1) is 15.0. The van der Waals surface area contributed by atoms with Gasteiger partial charge < -0.3 is 25.4 Å². The highest BCUT2D eigenvalue weighted by Crippen LogP contribution is 2.36. The number of aromatic nitrogens is 2. The Hall–Kier alpha value is -2.24. The van der Waals surface area contributed by atoms with Crippen molar-refractivity contribution in [3.8, 4) is 17.2 Å². The summed E-state index contributed by atoms with van der Waals surface area (Å²) < 4.78 is 25.8. The SMILES string of the molecule is COc1cc2c(Nc3cc(O)c(Cl)cc3F)ncnc2cc1OCCN1CCSCC1.Cl.O. The quantitative estimate of drug-likeness (QED) is 0.484. The van der Waals surface area contributed by atoms with Gasteiger partial charge in [-0.2, -0.15) is 11.8 Å². The standard InChI is InChI=1S/C21H22ClFN4O3S.ClH.H2O/c1-29-19-8-13-16(11-20(19)30-5-2-27-3-6-31-7-4-27)24-12-25-21(13)26-17-10-18(28)14(22)9-15(17)23;;/h8-12,28H,2-7H2,1H3,(H,24,25,26);1H;1H2. The molecular weight excluding hydrogens is 494 g/mol. The second-order valence-electron chi connectivity index (χ2n) is 6.95. The molecule has 1 saturated heterocycles. The van der Waals surface area contributed by atoms with Crippen LogP contribution >= 0.6 is 35.8 Å². The molecule has 0 unspecified atom stereocenters.